The molecule has 2 N–H and O–H groups in total. The molecule has 2 rings (SSSR count). The quantitative estimate of drug-likeness (QED) is 0.448. The van der Waals surface area contributed by atoms with Gasteiger partial charge in [-0.15, -0.1) is 0 Å². The van der Waals surface area contributed by atoms with Gasteiger partial charge in [-0.3, -0.25) is 0 Å². The van der Waals surface area contributed by atoms with Crippen LogP contribution in [-0.4, -0.2) is 16.4 Å². The molecule has 1 aromatic heterocycles. The zero-order valence-electron chi connectivity index (χ0n) is 6.66. The third kappa shape index (κ3) is 1.33. The van der Waals surface area contributed by atoms with Gasteiger partial charge < -0.3 is 10.2 Å². The number of nitrogens with one attached hydrogen (secondary N) is 1. The van der Waals surface area contributed by atoms with Crippen molar-refractivity contribution in [2.75, 3.05) is 0 Å². The van der Waals surface area contributed by atoms with Crippen molar-refractivity contribution in [1.82, 2.24) is 4.98 Å². The highest BCUT2D eigenvalue weighted by Gasteiger charge is 2.05. The lowest BCUT2D eigenvalue weighted by Crippen LogP contribution is -1.78. The molecule has 1 heterocycles. The summed E-state index contributed by atoms with van der Waals surface area (Å²) in [5, 5.41) is 12.5. The monoisotopic (exact) mass is 238 g/mol. The van der Waals surface area contributed by atoms with Crippen LogP contribution in [0, 0.1) is 0 Å². The first-order valence-corrected chi connectivity index (χ1v) is 4.56. The summed E-state index contributed by atoms with van der Waals surface area (Å²) in [6, 6.07) is 7.82. The van der Waals surface area contributed by atoms with Crippen LogP contribution in [0.25, 0.3) is 10.9 Å². The van der Waals surface area contributed by atoms with Crippen molar-refractivity contribution in [3.05, 3.63) is 34.4 Å². The first kappa shape index (κ1) is 8.31. The van der Waals surface area contributed by atoms with Crippen LogP contribution in [0.15, 0.2) is 34.0 Å². The Labute approximate surface area is 83.2 Å². The average molecular weight is 239 g/mol. The summed E-state index contributed by atoms with van der Waals surface area (Å²) >= 11 is 3.35. The third-order valence-corrected chi connectivity index (χ3v) is 2.51. The Hall–Kier alpha value is -1.29. The van der Waals surface area contributed by atoms with Crippen LogP contribution >= 0.6 is 15.9 Å². The SMILES string of the molecule is ON=Cc1c(Br)[nH]c2ccccc12. The molecule has 3 nitrogen and oxygen atoms in total. The Balaban J connectivity index is 2.78. The van der Waals surface area contributed by atoms with E-state index in [0.717, 1.165) is 21.1 Å². The molecular weight excluding hydrogens is 232 g/mol. The molecule has 4 heteroatoms. The van der Waals surface area contributed by atoms with Crippen LogP contribution in [0.3, 0.4) is 0 Å². The van der Waals surface area contributed by atoms with Gasteiger partial charge >= 0.3 is 0 Å². The van der Waals surface area contributed by atoms with E-state index in [-0.39, 0.29) is 0 Å². The van der Waals surface area contributed by atoms with Gasteiger partial charge in [-0.25, -0.2) is 0 Å². The molecule has 0 spiro atoms. The number of nitrogens with zero attached hydrogens (tertiary/aromatic N) is 1. The fraction of sp³-hybridized carbons (Fsp3) is 0. The number of hydrogen-bond donors (Lipinski definition) is 2. The molecule has 0 aliphatic carbocycles. The Morgan fingerprint density at radius 2 is 2.15 bits per heavy atom. The zero-order valence-corrected chi connectivity index (χ0v) is 8.25. The minimum Gasteiger partial charge on any atom is -0.411 e. The molecule has 2 aromatic rings. The minimum absolute atomic E-state index is 0.825. The standard InChI is InChI=1S/C9H7BrN2O/c10-9-7(5-11-13)6-3-1-2-4-8(6)12-9/h1-5,12-13H. The zero-order chi connectivity index (χ0) is 9.26. The Morgan fingerprint density at radius 3 is 2.92 bits per heavy atom. The highest BCUT2D eigenvalue weighted by atomic mass is 79.9. The molecule has 0 aliphatic rings. The van der Waals surface area contributed by atoms with E-state index >= 15 is 0 Å². The molecule has 0 saturated carbocycles. The van der Waals surface area contributed by atoms with Crippen LogP contribution in [-0.2, 0) is 0 Å². The van der Waals surface area contributed by atoms with Crippen molar-refractivity contribution >= 4 is 33.0 Å². The summed E-state index contributed by atoms with van der Waals surface area (Å²) in [6.07, 6.45) is 1.41. The van der Waals surface area contributed by atoms with Crippen LogP contribution in [0.5, 0.6) is 0 Å². The fourth-order valence-corrected chi connectivity index (χ4v) is 1.84. The molecule has 0 atom stereocenters. The van der Waals surface area contributed by atoms with E-state index in [2.05, 4.69) is 26.1 Å². The number of benzene rings is 1. The van der Waals surface area contributed by atoms with Crippen molar-refractivity contribution in [1.29, 1.82) is 0 Å². The molecule has 0 unspecified atom stereocenters. The number of fused-ring (bicyclic) bond motifs is 1. The van der Waals surface area contributed by atoms with E-state index in [9.17, 15) is 0 Å². The second-order valence-corrected chi connectivity index (χ2v) is 3.44. The molecule has 0 radical (unpaired) electrons. The molecule has 66 valence electrons. The molecule has 0 aliphatic heterocycles. The van der Waals surface area contributed by atoms with Gasteiger partial charge in [-0.2, -0.15) is 0 Å². The van der Waals surface area contributed by atoms with E-state index in [1.165, 1.54) is 6.21 Å². The van der Waals surface area contributed by atoms with Gasteiger partial charge in [0.2, 0.25) is 0 Å². The van der Waals surface area contributed by atoms with E-state index in [1.807, 2.05) is 24.3 Å². The van der Waals surface area contributed by atoms with Crippen LogP contribution < -0.4 is 0 Å². The molecule has 1 aromatic carbocycles. The van der Waals surface area contributed by atoms with Crippen molar-refractivity contribution < 1.29 is 5.21 Å². The summed E-state index contributed by atoms with van der Waals surface area (Å²) < 4.78 is 0.825. The average Bonchev–Trinajstić information content (AvgIpc) is 2.44. The predicted molar refractivity (Wildman–Crippen MR) is 55.4 cm³/mol. The molecule has 0 fully saturated rings. The summed E-state index contributed by atoms with van der Waals surface area (Å²) in [5.74, 6) is 0. The number of H-pyrrole nitrogens is 1. The lowest BCUT2D eigenvalue weighted by Gasteiger charge is -1.88. The van der Waals surface area contributed by atoms with Crippen LogP contribution in [0.2, 0.25) is 0 Å². The maximum absolute atomic E-state index is 8.46. The predicted octanol–water partition coefficient (Wildman–Crippen LogP) is 2.74. The summed E-state index contributed by atoms with van der Waals surface area (Å²) in [6.45, 7) is 0. The third-order valence-electron chi connectivity index (χ3n) is 1.88. The van der Waals surface area contributed by atoms with Crippen molar-refractivity contribution in [2.45, 2.75) is 0 Å². The number of aromatic nitrogens is 1. The lowest BCUT2D eigenvalue weighted by molar-refractivity contribution is 0.322. The minimum atomic E-state index is 0.825. The number of rotatable bonds is 1. The number of hydrogen-bond acceptors (Lipinski definition) is 2. The second-order valence-electron chi connectivity index (χ2n) is 2.64. The molecule has 13 heavy (non-hydrogen) atoms. The van der Waals surface area contributed by atoms with E-state index < -0.39 is 0 Å². The number of para-hydroxylation sites is 1. The first-order chi connectivity index (χ1) is 6.33. The number of aromatic amines is 1. The smallest absolute Gasteiger partial charge is 0.0921 e. The van der Waals surface area contributed by atoms with Gasteiger partial charge in [0.15, 0.2) is 0 Å². The Kier molecular flexibility index (Phi) is 2.06. The topological polar surface area (TPSA) is 48.4 Å². The van der Waals surface area contributed by atoms with Gasteiger partial charge in [0, 0.05) is 16.5 Å². The van der Waals surface area contributed by atoms with Gasteiger partial charge in [-0.1, -0.05) is 23.4 Å². The Morgan fingerprint density at radius 1 is 1.38 bits per heavy atom. The van der Waals surface area contributed by atoms with Crippen molar-refractivity contribution in [2.24, 2.45) is 5.16 Å². The summed E-state index contributed by atoms with van der Waals surface area (Å²) in [4.78, 5) is 3.13. The molecule has 0 amide bonds. The van der Waals surface area contributed by atoms with Crippen LogP contribution in [0.1, 0.15) is 5.56 Å². The van der Waals surface area contributed by atoms with Gasteiger partial charge in [0.05, 0.1) is 10.8 Å². The first-order valence-electron chi connectivity index (χ1n) is 3.76. The molecular formula is C9H7BrN2O. The summed E-state index contributed by atoms with van der Waals surface area (Å²) in [5.41, 5.74) is 1.88. The largest absolute Gasteiger partial charge is 0.411 e. The van der Waals surface area contributed by atoms with E-state index in [0.29, 0.717) is 0 Å². The second kappa shape index (κ2) is 3.22. The highest BCUT2D eigenvalue weighted by molar-refractivity contribution is 9.10. The Bertz CT molecular complexity index is 462. The number of halogens is 1. The van der Waals surface area contributed by atoms with Gasteiger partial charge in [-0.05, 0) is 22.0 Å². The van der Waals surface area contributed by atoms with Crippen molar-refractivity contribution in [3.8, 4) is 0 Å². The molecule has 0 saturated heterocycles. The van der Waals surface area contributed by atoms with E-state index in [1.54, 1.807) is 0 Å². The van der Waals surface area contributed by atoms with E-state index in [4.69, 9.17) is 5.21 Å². The van der Waals surface area contributed by atoms with Gasteiger partial charge in [0.1, 0.15) is 0 Å². The highest BCUT2D eigenvalue weighted by Crippen LogP contribution is 2.24. The van der Waals surface area contributed by atoms with Crippen molar-refractivity contribution in [3.63, 3.8) is 0 Å². The lowest BCUT2D eigenvalue weighted by atomic mass is 10.2. The summed E-state index contributed by atoms with van der Waals surface area (Å²) in [7, 11) is 0. The molecule has 0 bridgehead atoms. The van der Waals surface area contributed by atoms with Crippen LogP contribution in [0.4, 0.5) is 0 Å². The maximum Gasteiger partial charge on any atom is 0.0921 e. The maximum atomic E-state index is 8.46. The number of oxime groups is 1. The normalized spacial score (nSPS) is 11.5. The fourth-order valence-electron chi connectivity index (χ4n) is 1.31. The van der Waals surface area contributed by atoms with Gasteiger partial charge in [0.25, 0.3) is 0 Å².